The summed E-state index contributed by atoms with van der Waals surface area (Å²) in [6, 6.07) is 1.13. The van der Waals surface area contributed by atoms with Crippen LogP contribution in [0.25, 0.3) is 0 Å². The maximum absolute atomic E-state index is 4.71. The molecule has 0 spiro atoms. The highest BCUT2D eigenvalue weighted by molar-refractivity contribution is 14.0. The molecule has 2 N–H and O–H groups in total. The number of rotatable bonds is 6. The molecule has 0 aromatic heterocycles. The van der Waals surface area contributed by atoms with Crippen LogP contribution in [0.3, 0.4) is 0 Å². The minimum Gasteiger partial charge on any atom is -0.357 e. The Morgan fingerprint density at radius 3 is 2.48 bits per heavy atom. The fourth-order valence-corrected chi connectivity index (χ4v) is 2.63. The number of nitrogens with one attached hydrogen (secondary N) is 2. The molecule has 1 aliphatic heterocycles. The molecule has 1 heterocycles. The predicted molar refractivity (Wildman–Crippen MR) is 107 cm³/mol. The largest absolute Gasteiger partial charge is 0.357 e. The monoisotopic (exact) mass is 428 g/mol. The van der Waals surface area contributed by atoms with E-state index in [1.165, 1.54) is 6.54 Å². The smallest absolute Gasteiger partial charge is 0.191 e. The number of thioether (sulfide) groups is 1. The lowest BCUT2D eigenvalue weighted by Gasteiger charge is -2.22. The fraction of sp³-hybridized carbons (Fsp3) is 0.933. The van der Waals surface area contributed by atoms with Gasteiger partial charge in [0.05, 0.1) is 6.54 Å². The number of guanidine groups is 1. The maximum Gasteiger partial charge on any atom is 0.191 e. The van der Waals surface area contributed by atoms with Gasteiger partial charge >= 0.3 is 0 Å². The zero-order valence-corrected chi connectivity index (χ0v) is 17.5. The van der Waals surface area contributed by atoms with Gasteiger partial charge in [-0.1, -0.05) is 13.8 Å². The van der Waals surface area contributed by atoms with Crippen LogP contribution < -0.4 is 10.6 Å². The van der Waals surface area contributed by atoms with E-state index in [0.29, 0.717) is 23.3 Å². The summed E-state index contributed by atoms with van der Waals surface area (Å²) in [7, 11) is 0. The molecule has 1 aliphatic rings. The molecule has 0 amide bonds. The second-order valence-electron chi connectivity index (χ2n) is 6.04. The van der Waals surface area contributed by atoms with Gasteiger partial charge in [-0.05, 0) is 32.9 Å². The second kappa shape index (κ2) is 10.9. The zero-order chi connectivity index (χ0) is 15.1. The Morgan fingerprint density at radius 1 is 1.33 bits per heavy atom. The van der Waals surface area contributed by atoms with Gasteiger partial charge in [0.1, 0.15) is 0 Å². The van der Waals surface area contributed by atoms with E-state index in [2.05, 4.69) is 56.4 Å². The van der Waals surface area contributed by atoms with Crippen molar-refractivity contribution in [3.63, 3.8) is 0 Å². The lowest BCUT2D eigenvalue weighted by atomic mass is 10.1. The maximum atomic E-state index is 4.71. The molecule has 1 fully saturated rings. The summed E-state index contributed by atoms with van der Waals surface area (Å²) < 4.78 is 0. The predicted octanol–water partition coefficient (Wildman–Crippen LogP) is 2.64. The molecule has 3 atom stereocenters. The number of hydrogen-bond donors (Lipinski definition) is 2. The van der Waals surface area contributed by atoms with Crippen LogP contribution in [0.5, 0.6) is 0 Å². The van der Waals surface area contributed by atoms with Gasteiger partial charge in [-0.2, -0.15) is 11.8 Å². The molecule has 4 nitrogen and oxygen atoms in total. The van der Waals surface area contributed by atoms with E-state index in [-0.39, 0.29) is 24.0 Å². The van der Waals surface area contributed by atoms with Crippen molar-refractivity contribution in [2.45, 2.75) is 52.0 Å². The van der Waals surface area contributed by atoms with E-state index in [4.69, 9.17) is 4.99 Å². The Kier molecular flexibility index (Phi) is 11.1. The highest BCUT2D eigenvalue weighted by Gasteiger charge is 2.31. The van der Waals surface area contributed by atoms with Crippen molar-refractivity contribution in [2.24, 2.45) is 10.9 Å². The van der Waals surface area contributed by atoms with Gasteiger partial charge in [-0.15, -0.1) is 24.0 Å². The highest BCUT2D eigenvalue weighted by Crippen LogP contribution is 2.18. The average Bonchev–Trinajstić information content (AvgIpc) is 2.77. The van der Waals surface area contributed by atoms with Gasteiger partial charge < -0.3 is 10.6 Å². The van der Waals surface area contributed by atoms with E-state index in [9.17, 15) is 0 Å². The number of hydrogen-bond acceptors (Lipinski definition) is 3. The number of aliphatic imine (C=N–C) groups is 1. The summed E-state index contributed by atoms with van der Waals surface area (Å²) >= 11 is 1.86. The topological polar surface area (TPSA) is 39.7 Å². The summed E-state index contributed by atoms with van der Waals surface area (Å²) in [6.45, 7) is 15.3. The van der Waals surface area contributed by atoms with Crippen molar-refractivity contribution >= 4 is 41.7 Å². The molecule has 0 saturated carbocycles. The third-order valence-corrected chi connectivity index (χ3v) is 4.90. The summed E-state index contributed by atoms with van der Waals surface area (Å²) in [5, 5.41) is 7.55. The van der Waals surface area contributed by atoms with Crippen molar-refractivity contribution < 1.29 is 0 Å². The van der Waals surface area contributed by atoms with E-state index in [1.54, 1.807) is 0 Å². The van der Waals surface area contributed by atoms with Gasteiger partial charge in [0, 0.05) is 37.0 Å². The quantitative estimate of drug-likeness (QED) is 0.388. The molecule has 0 aromatic rings. The van der Waals surface area contributed by atoms with E-state index < -0.39 is 0 Å². The van der Waals surface area contributed by atoms with Crippen molar-refractivity contribution in [3.05, 3.63) is 0 Å². The summed E-state index contributed by atoms with van der Waals surface area (Å²) in [5.41, 5.74) is 0. The van der Waals surface area contributed by atoms with Crippen molar-refractivity contribution in [1.29, 1.82) is 0 Å². The van der Waals surface area contributed by atoms with Crippen molar-refractivity contribution in [2.75, 3.05) is 32.4 Å². The lowest BCUT2D eigenvalue weighted by Crippen LogP contribution is -2.47. The first-order valence-corrected chi connectivity index (χ1v) is 9.08. The normalized spacial score (nSPS) is 24.8. The fourth-order valence-electron chi connectivity index (χ4n) is 2.40. The van der Waals surface area contributed by atoms with Crippen LogP contribution in [0.2, 0.25) is 0 Å². The number of likely N-dealkylation sites (tertiary alicyclic amines) is 1. The third kappa shape index (κ3) is 7.41. The molecule has 0 bridgehead atoms. The molecule has 0 aromatic carbocycles. The van der Waals surface area contributed by atoms with Crippen LogP contribution in [0, 0.1) is 5.92 Å². The molecular weight excluding hydrogens is 395 g/mol. The van der Waals surface area contributed by atoms with Gasteiger partial charge in [-0.25, -0.2) is 0 Å². The van der Waals surface area contributed by atoms with E-state index in [0.717, 1.165) is 25.6 Å². The van der Waals surface area contributed by atoms with E-state index >= 15 is 0 Å². The van der Waals surface area contributed by atoms with E-state index in [1.807, 2.05) is 11.8 Å². The first-order valence-electron chi connectivity index (χ1n) is 7.79. The Morgan fingerprint density at radius 2 is 2.00 bits per heavy atom. The molecule has 3 unspecified atom stereocenters. The van der Waals surface area contributed by atoms with Crippen LogP contribution in [0.1, 0.15) is 34.6 Å². The van der Waals surface area contributed by atoms with Gasteiger partial charge in [0.25, 0.3) is 0 Å². The van der Waals surface area contributed by atoms with Crippen LogP contribution in [-0.2, 0) is 0 Å². The summed E-state index contributed by atoms with van der Waals surface area (Å²) in [6.07, 6.45) is 2.14. The first-order chi connectivity index (χ1) is 9.47. The Balaban J connectivity index is 0.00000400. The minimum absolute atomic E-state index is 0. The number of nitrogens with zero attached hydrogens (tertiary/aromatic N) is 2. The van der Waals surface area contributed by atoms with Crippen LogP contribution >= 0.6 is 35.7 Å². The Hall–Kier alpha value is 0.310. The number of halogens is 1. The summed E-state index contributed by atoms with van der Waals surface area (Å²) in [4.78, 5) is 7.25. The standard InChI is InChI=1S/C15H32N4S.HI/c1-7-16-15(17-8-13(5)20-6)18-14-10-19(11(2)3)9-12(14)4;/h11-14H,7-10H2,1-6H3,(H2,16,17,18);1H. The van der Waals surface area contributed by atoms with Crippen molar-refractivity contribution in [3.8, 4) is 0 Å². The Labute approximate surface area is 152 Å². The SMILES string of the molecule is CCNC(=NCC(C)SC)NC1CN(C(C)C)CC1C.I. The van der Waals surface area contributed by atoms with Crippen LogP contribution in [0.4, 0.5) is 0 Å². The third-order valence-electron chi connectivity index (χ3n) is 3.95. The molecule has 1 saturated heterocycles. The lowest BCUT2D eigenvalue weighted by molar-refractivity contribution is 0.265. The van der Waals surface area contributed by atoms with Crippen LogP contribution in [0.15, 0.2) is 4.99 Å². The summed E-state index contributed by atoms with van der Waals surface area (Å²) in [5.74, 6) is 1.63. The molecular formula is C15H33IN4S. The van der Waals surface area contributed by atoms with Gasteiger partial charge in [0.2, 0.25) is 0 Å². The zero-order valence-electron chi connectivity index (χ0n) is 14.3. The molecule has 1 rings (SSSR count). The Bertz CT molecular complexity index is 312. The minimum atomic E-state index is 0. The van der Waals surface area contributed by atoms with Gasteiger partial charge in [0.15, 0.2) is 5.96 Å². The average molecular weight is 428 g/mol. The molecule has 21 heavy (non-hydrogen) atoms. The van der Waals surface area contributed by atoms with Crippen molar-refractivity contribution in [1.82, 2.24) is 15.5 Å². The first kappa shape index (κ1) is 21.3. The second-order valence-corrected chi connectivity index (χ2v) is 7.32. The van der Waals surface area contributed by atoms with Crippen LogP contribution in [-0.4, -0.2) is 60.6 Å². The molecule has 0 radical (unpaired) electrons. The molecule has 126 valence electrons. The highest BCUT2D eigenvalue weighted by atomic mass is 127. The molecule has 6 heteroatoms. The molecule has 0 aliphatic carbocycles. The van der Waals surface area contributed by atoms with Gasteiger partial charge in [-0.3, -0.25) is 9.89 Å².